The second-order valence-corrected chi connectivity index (χ2v) is 9.50. The van der Waals surface area contributed by atoms with Crippen molar-refractivity contribution < 1.29 is 14.6 Å². The molecule has 2 heterocycles. The van der Waals surface area contributed by atoms with Gasteiger partial charge in [0.1, 0.15) is 0 Å². The van der Waals surface area contributed by atoms with Crippen LogP contribution in [0.3, 0.4) is 0 Å². The van der Waals surface area contributed by atoms with E-state index < -0.39 is 0 Å². The summed E-state index contributed by atoms with van der Waals surface area (Å²) in [6.45, 7) is 6.86. The van der Waals surface area contributed by atoms with E-state index in [4.69, 9.17) is 27.9 Å². The molecule has 1 amide bonds. The van der Waals surface area contributed by atoms with Crippen molar-refractivity contribution in [2.45, 2.75) is 52.2 Å². The van der Waals surface area contributed by atoms with Gasteiger partial charge in [-0.2, -0.15) is 0 Å². The molecule has 1 saturated heterocycles. The minimum absolute atomic E-state index is 0.0676. The second-order valence-electron chi connectivity index (χ2n) is 8.76. The lowest BCUT2D eigenvalue weighted by Gasteiger charge is -2.33. The van der Waals surface area contributed by atoms with E-state index in [1.54, 1.807) is 6.92 Å². The number of ether oxygens (including phenoxy) is 1. The third-order valence-corrected chi connectivity index (χ3v) is 6.85. The molecule has 33 heavy (non-hydrogen) atoms. The Morgan fingerprint density at radius 3 is 2.58 bits per heavy atom. The lowest BCUT2D eigenvalue weighted by atomic mass is 9.82. The number of aliphatic hydroxyl groups excluding tert-OH is 1. The lowest BCUT2D eigenvalue weighted by molar-refractivity contribution is -0.129. The number of rotatable bonds is 5. The smallest absolute Gasteiger partial charge is 0.219 e. The van der Waals surface area contributed by atoms with Gasteiger partial charge in [-0.25, -0.2) is 4.98 Å². The van der Waals surface area contributed by atoms with Crippen LogP contribution in [-0.4, -0.2) is 40.1 Å². The lowest BCUT2D eigenvalue weighted by Crippen LogP contribution is -2.36. The average molecular weight is 487 g/mol. The molecular formula is C26H28Cl2N2O3. The van der Waals surface area contributed by atoms with E-state index in [9.17, 15) is 9.90 Å². The maximum Gasteiger partial charge on any atom is 0.219 e. The number of carbonyl (C=O) groups excluding carboxylic acids is 1. The summed E-state index contributed by atoms with van der Waals surface area (Å²) in [6.07, 6.45) is 1.68. The zero-order chi connectivity index (χ0) is 23.7. The van der Waals surface area contributed by atoms with Gasteiger partial charge in [-0.1, -0.05) is 47.5 Å². The van der Waals surface area contributed by atoms with Crippen LogP contribution in [0.15, 0.2) is 36.4 Å². The van der Waals surface area contributed by atoms with Crippen LogP contribution in [0, 0.1) is 0 Å². The van der Waals surface area contributed by atoms with Gasteiger partial charge in [0, 0.05) is 25.4 Å². The Morgan fingerprint density at radius 1 is 1.21 bits per heavy atom. The van der Waals surface area contributed by atoms with Crippen molar-refractivity contribution in [1.29, 1.82) is 0 Å². The van der Waals surface area contributed by atoms with Crippen LogP contribution in [0.25, 0.3) is 22.0 Å². The van der Waals surface area contributed by atoms with E-state index in [1.165, 1.54) is 5.56 Å². The summed E-state index contributed by atoms with van der Waals surface area (Å²) < 4.78 is 5.82. The predicted octanol–water partition coefficient (Wildman–Crippen LogP) is 6.21. The Hall–Kier alpha value is -2.34. The first-order valence-corrected chi connectivity index (χ1v) is 12.0. The number of halogens is 2. The van der Waals surface area contributed by atoms with Crippen LogP contribution < -0.4 is 4.74 Å². The van der Waals surface area contributed by atoms with E-state index in [0.29, 0.717) is 22.2 Å². The highest BCUT2D eigenvalue weighted by molar-refractivity contribution is 6.40. The fourth-order valence-electron chi connectivity index (χ4n) is 4.62. The summed E-state index contributed by atoms with van der Waals surface area (Å²) in [5, 5.41) is 11.6. The first kappa shape index (κ1) is 23.8. The SMILES string of the molecule is CC(=O)N1CCC(c2cccc(CO)c2-c2ccc3nc(Cl)c(OC(C)C)c(Cl)c3c2)CC1. The summed E-state index contributed by atoms with van der Waals surface area (Å²) in [7, 11) is 0. The van der Waals surface area contributed by atoms with Crippen molar-refractivity contribution in [2.75, 3.05) is 13.1 Å². The van der Waals surface area contributed by atoms with Gasteiger partial charge in [0.15, 0.2) is 10.9 Å². The van der Waals surface area contributed by atoms with Gasteiger partial charge in [-0.3, -0.25) is 4.79 Å². The maximum absolute atomic E-state index is 11.8. The van der Waals surface area contributed by atoms with E-state index in [2.05, 4.69) is 11.1 Å². The number of hydrogen-bond acceptors (Lipinski definition) is 4. The van der Waals surface area contributed by atoms with Crippen molar-refractivity contribution >= 4 is 40.0 Å². The third kappa shape index (κ3) is 4.81. The molecule has 1 N–H and O–H groups in total. The molecule has 0 unspecified atom stereocenters. The summed E-state index contributed by atoms with van der Waals surface area (Å²) in [4.78, 5) is 18.1. The van der Waals surface area contributed by atoms with Crippen molar-refractivity contribution in [3.63, 3.8) is 0 Å². The highest BCUT2D eigenvalue weighted by Gasteiger charge is 2.25. The van der Waals surface area contributed by atoms with Crippen molar-refractivity contribution in [2.24, 2.45) is 0 Å². The highest BCUT2D eigenvalue weighted by atomic mass is 35.5. The van der Waals surface area contributed by atoms with Gasteiger partial charge in [-0.05, 0) is 67.0 Å². The number of piperidine rings is 1. The third-order valence-electron chi connectivity index (χ3n) is 6.21. The van der Waals surface area contributed by atoms with Gasteiger partial charge in [0.05, 0.1) is 23.3 Å². The standard InChI is InChI=1S/C26H28Cl2N2O3/c1-15(2)33-25-24(27)21-13-18(7-8-22(21)29-26(25)28)23-19(14-31)5-4-6-20(23)17-9-11-30(12-10-17)16(3)32/h4-8,13,15,17,31H,9-12,14H2,1-3H3. The van der Waals surface area contributed by atoms with Crippen molar-refractivity contribution in [3.8, 4) is 16.9 Å². The topological polar surface area (TPSA) is 62.7 Å². The number of fused-ring (bicyclic) bond motifs is 1. The normalized spacial score (nSPS) is 14.8. The quantitative estimate of drug-likeness (QED) is 0.435. The Labute approximate surface area is 204 Å². The number of nitrogens with zero attached hydrogens (tertiary/aromatic N) is 2. The molecule has 0 bridgehead atoms. The van der Waals surface area contributed by atoms with E-state index in [1.807, 2.05) is 49.1 Å². The molecule has 1 fully saturated rings. The fraction of sp³-hybridized carbons (Fsp3) is 0.385. The fourth-order valence-corrected chi connectivity index (χ4v) is 5.18. The van der Waals surface area contributed by atoms with Gasteiger partial charge in [0.2, 0.25) is 5.91 Å². The van der Waals surface area contributed by atoms with Gasteiger partial charge in [0.25, 0.3) is 0 Å². The maximum atomic E-state index is 11.8. The number of aliphatic hydroxyl groups is 1. The molecule has 2 aromatic carbocycles. The molecule has 0 aliphatic carbocycles. The summed E-state index contributed by atoms with van der Waals surface area (Å²) in [5.41, 5.74) is 4.69. The Balaban J connectivity index is 1.81. The second kappa shape index (κ2) is 9.88. The van der Waals surface area contributed by atoms with Gasteiger partial charge < -0.3 is 14.7 Å². The van der Waals surface area contributed by atoms with Gasteiger partial charge in [-0.15, -0.1) is 0 Å². The first-order valence-electron chi connectivity index (χ1n) is 11.2. The molecule has 174 valence electrons. The van der Waals surface area contributed by atoms with Crippen LogP contribution in [0.1, 0.15) is 50.7 Å². The van der Waals surface area contributed by atoms with Crippen LogP contribution in [0.2, 0.25) is 10.2 Å². The van der Waals surface area contributed by atoms with E-state index >= 15 is 0 Å². The number of amides is 1. The summed E-state index contributed by atoms with van der Waals surface area (Å²) >= 11 is 13.1. The Bertz CT molecular complexity index is 1190. The van der Waals surface area contributed by atoms with Crippen LogP contribution in [0.4, 0.5) is 0 Å². The number of hydrogen-bond donors (Lipinski definition) is 1. The number of pyridine rings is 1. The number of carbonyl (C=O) groups is 1. The molecule has 0 atom stereocenters. The van der Waals surface area contributed by atoms with E-state index in [-0.39, 0.29) is 23.8 Å². The predicted molar refractivity (Wildman–Crippen MR) is 133 cm³/mol. The molecule has 5 nitrogen and oxygen atoms in total. The molecule has 0 saturated carbocycles. The molecule has 4 rings (SSSR count). The summed E-state index contributed by atoms with van der Waals surface area (Å²) in [6, 6.07) is 12.0. The Morgan fingerprint density at radius 2 is 1.94 bits per heavy atom. The average Bonchev–Trinajstić information content (AvgIpc) is 2.81. The molecule has 0 spiro atoms. The minimum Gasteiger partial charge on any atom is -0.486 e. The number of aromatic nitrogens is 1. The minimum atomic E-state index is -0.0926. The first-order chi connectivity index (χ1) is 15.8. The molecule has 7 heteroatoms. The van der Waals surface area contributed by atoms with Crippen LogP contribution >= 0.6 is 23.2 Å². The monoisotopic (exact) mass is 486 g/mol. The van der Waals surface area contributed by atoms with Crippen LogP contribution in [0.5, 0.6) is 5.75 Å². The number of likely N-dealkylation sites (tertiary alicyclic amines) is 1. The van der Waals surface area contributed by atoms with E-state index in [0.717, 1.165) is 48.0 Å². The summed E-state index contributed by atoms with van der Waals surface area (Å²) in [5.74, 6) is 0.800. The van der Waals surface area contributed by atoms with Crippen LogP contribution in [-0.2, 0) is 11.4 Å². The zero-order valence-corrected chi connectivity index (χ0v) is 20.6. The van der Waals surface area contributed by atoms with Crippen molar-refractivity contribution in [1.82, 2.24) is 9.88 Å². The zero-order valence-electron chi connectivity index (χ0n) is 19.1. The molecule has 3 aromatic rings. The Kier molecular flexibility index (Phi) is 7.13. The molecule has 1 aliphatic rings. The molecular weight excluding hydrogens is 459 g/mol. The highest BCUT2D eigenvalue weighted by Crippen LogP contribution is 2.42. The van der Waals surface area contributed by atoms with Crippen molar-refractivity contribution in [3.05, 3.63) is 57.7 Å². The molecule has 0 radical (unpaired) electrons. The van der Waals surface area contributed by atoms with Gasteiger partial charge >= 0.3 is 0 Å². The number of benzene rings is 2. The largest absolute Gasteiger partial charge is 0.486 e. The molecule has 1 aliphatic heterocycles. The molecule has 1 aromatic heterocycles.